The van der Waals surface area contributed by atoms with Crippen molar-refractivity contribution in [3.05, 3.63) is 45.7 Å². The van der Waals surface area contributed by atoms with E-state index in [0.29, 0.717) is 12.1 Å². The van der Waals surface area contributed by atoms with Gasteiger partial charge in [0.05, 0.1) is 17.8 Å². The summed E-state index contributed by atoms with van der Waals surface area (Å²) in [5.74, 6) is 0. The number of aryl methyl sites for hydroxylation is 2. The van der Waals surface area contributed by atoms with Crippen molar-refractivity contribution in [3.8, 4) is 0 Å². The lowest BCUT2D eigenvalue weighted by Gasteiger charge is -2.17. The number of hydrogen-bond acceptors (Lipinski definition) is 4. The zero-order chi connectivity index (χ0) is 12.5. The summed E-state index contributed by atoms with van der Waals surface area (Å²) in [6.45, 7) is 4.22. The fourth-order valence-electron chi connectivity index (χ4n) is 2.52. The largest absolute Gasteiger partial charge is 0.300 e. The van der Waals surface area contributed by atoms with Crippen LogP contribution in [0, 0.1) is 6.92 Å². The quantitative estimate of drug-likeness (QED) is 0.920. The van der Waals surface area contributed by atoms with Gasteiger partial charge in [0.1, 0.15) is 5.01 Å². The molecule has 4 heteroatoms. The summed E-state index contributed by atoms with van der Waals surface area (Å²) in [7, 11) is 0. The van der Waals surface area contributed by atoms with Gasteiger partial charge in [-0.1, -0.05) is 6.07 Å². The number of nitrogens with one attached hydrogen (secondary N) is 1. The molecule has 0 radical (unpaired) electrons. The second-order valence-electron chi connectivity index (χ2n) is 4.85. The second kappa shape index (κ2) is 4.78. The molecule has 2 aromatic rings. The topological polar surface area (TPSA) is 37.8 Å². The van der Waals surface area contributed by atoms with Crippen LogP contribution in [0.4, 0.5) is 0 Å². The summed E-state index contributed by atoms with van der Waals surface area (Å²) < 4.78 is 0. The molecule has 0 saturated heterocycles. The molecule has 0 aromatic carbocycles. The number of rotatable bonds is 3. The SMILES string of the molecule is Cc1csc(C(C)NC2CCc3cccnc32)n1. The van der Waals surface area contributed by atoms with E-state index in [-0.39, 0.29) is 0 Å². The molecule has 0 aliphatic heterocycles. The summed E-state index contributed by atoms with van der Waals surface area (Å²) in [6.07, 6.45) is 4.16. The molecule has 1 aliphatic carbocycles. The number of aromatic nitrogens is 2. The molecule has 2 unspecified atom stereocenters. The van der Waals surface area contributed by atoms with Gasteiger partial charge in [0.25, 0.3) is 0 Å². The van der Waals surface area contributed by atoms with E-state index >= 15 is 0 Å². The van der Waals surface area contributed by atoms with Crippen LogP contribution in [-0.4, -0.2) is 9.97 Å². The molecule has 1 N–H and O–H groups in total. The molecule has 0 fully saturated rings. The average Bonchev–Trinajstić information content (AvgIpc) is 2.97. The molecule has 94 valence electrons. The van der Waals surface area contributed by atoms with Crippen molar-refractivity contribution in [2.75, 3.05) is 0 Å². The number of hydrogen-bond donors (Lipinski definition) is 1. The summed E-state index contributed by atoms with van der Waals surface area (Å²) >= 11 is 1.73. The zero-order valence-electron chi connectivity index (χ0n) is 10.7. The fraction of sp³-hybridized carbons (Fsp3) is 0.429. The first kappa shape index (κ1) is 11.8. The Morgan fingerprint density at radius 2 is 2.39 bits per heavy atom. The van der Waals surface area contributed by atoms with Gasteiger partial charge in [0.2, 0.25) is 0 Å². The van der Waals surface area contributed by atoms with Crippen LogP contribution in [0.15, 0.2) is 23.7 Å². The van der Waals surface area contributed by atoms with E-state index < -0.39 is 0 Å². The molecule has 0 spiro atoms. The van der Waals surface area contributed by atoms with Gasteiger partial charge in [-0.3, -0.25) is 10.3 Å². The summed E-state index contributed by atoms with van der Waals surface area (Å²) in [6, 6.07) is 4.87. The van der Waals surface area contributed by atoms with Crippen molar-refractivity contribution in [2.45, 2.75) is 38.8 Å². The molecular formula is C14H17N3S. The van der Waals surface area contributed by atoms with Crippen LogP contribution in [0.25, 0.3) is 0 Å². The maximum atomic E-state index is 4.54. The summed E-state index contributed by atoms with van der Waals surface area (Å²) in [4.78, 5) is 9.06. The lowest BCUT2D eigenvalue weighted by Crippen LogP contribution is -2.23. The first-order chi connectivity index (χ1) is 8.74. The first-order valence-corrected chi connectivity index (χ1v) is 7.24. The molecular weight excluding hydrogens is 242 g/mol. The van der Waals surface area contributed by atoms with Crippen LogP contribution >= 0.6 is 11.3 Å². The summed E-state index contributed by atoms with van der Waals surface area (Å²) in [5.41, 5.74) is 3.71. The molecule has 3 nitrogen and oxygen atoms in total. The molecule has 18 heavy (non-hydrogen) atoms. The third-order valence-corrected chi connectivity index (χ3v) is 4.56. The average molecular weight is 259 g/mol. The number of thiazole rings is 1. The van der Waals surface area contributed by atoms with Crippen molar-refractivity contribution >= 4 is 11.3 Å². The van der Waals surface area contributed by atoms with Crippen LogP contribution < -0.4 is 5.32 Å². The van der Waals surface area contributed by atoms with E-state index in [1.807, 2.05) is 19.2 Å². The summed E-state index contributed by atoms with van der Waals surface area (Å²) in [5, 5.41) is 6.92. The highest BCUT2D eigenvalue weighted by Crippen LogP contribution is 2.31. The van der Waals surface area contributed by atoms with Gasteiger partial charge in [0, 0.05) is 17.3 Å². The van der Waals surface area contributed by atoms with E-state index in [4.69, 9.17) is 0 Å². The van der Waals surface area contributed by atoms with Crippen LogP contribution in [0.3, 0.4) is 0 Å². The minimum Gasteiger partial charge on any atom is -0.300 e. The molecule has 0 bridgehead atoms. The van der Waals surface area contributed by atoms with Gasteiger partial charge in [-0.05, 0) is 38.3 Å². The highest BCUT2D eigenvalue weighted by Gasteiger charge is 2.25. The van der Waals surface area contributed by atoms with Crippen LogP contribution in [-0.2, 0) is 6.42 Å². The van der Waals surface area contributed by atoms with E-state index in [1.165, 1.54) is 11.3 Å². The zero-order valence-corrected chi connectivity index (χ0v) is 11.5. The Kier molecular flexibility index (Phi) is 3.14. The highest BCUT2D eigenvalue weighted by molar-refractivity contribution is 7.09. The second-order valence-corrected chi connectivity index (χ2v) is 5.74. The Labute approximate surface area is 111 Å². The Balaban J connectivity index is 1.75. The minimum absolute atomic E-state index is 0.293. The van der Waals surface area contributed by atoms with E-state index in [2.05, 4.69) is 33.7 Å². The van der Waals surface area contributed by atoms with Crippen LogP contribution in [0.1, 0.15) is 47.4 Å². The van der Waals surface area contributed by atoms with Crippen molar-refractivity contribution in [3.63, 3.8) is 0 Å². The van der Waals surface area contributed by atoms with E-state index in [1.54, 1.807) is 11.3 Å². The Hall–Kier alpha value is -1.26. The van der Waals surface area contributed by atoms with Gasteiger partial charge in [-0.2, -0.15) is 0 Å². The Morgan fingerprint density at radius 3 is 3.17 bits per heavy atom. The molecule has 2 atom stereocenters. The van der Waals surface area contributed by atoms with Crippen molar-refractivity contribution in [1.29, 1.82) is 0 Å². The fourth-order valence-corrected chi connectivity index (χ4v) is 3.33. The highest BCUT2D eigenvalue weighted by atomic mass is 32.1. The first-order valence-electron chi connectivity index (χ1n) is 6.36. The van der Waals surface area contributed by atoms with Gasteiger partial charge < -0.3 is 0 Å². The molecule has 1 aliphatic rings. The Bertz CT molecular complexity index is 549. The van der Waals surface area contributed by atoms with Gasteiger partial charge in [-0.25, -0.2) is 4.98 Å². The van der Waals surface area contributed by atoms with Gasteiger partial charge in [-0.15, -0.1) is 11.3 Å². The molecule has 2 heterocycles. The molecule has 0 amide bonds. The van der Waals surface area contributed by atoms with Crippen molar-refractivity contribution in [1.82, 2.24) is 15.3 Å². The Morgan fingerprint density at radius 1 is 1.50 bits per heavy atom. The predicted molar refractivity (Wildman–Crippen MR) is 73.7 cm³/mol. The molecule has 3 rings (SSSR count). The van der Waals surface area contributed by atoms with Crippen molar-refractivity contribution in [2.24, 2.45) is 0 Å². The van der Waals surface area contributed by atoms with Gasteiger partial charge in [0.15, 0.2) is 0 Å². The minimum atomic E-state index is 0.293. The molecule has 0 saturated carbocycles. The van der Waals surface area contributed by atoms with Gasteiger partial charge >= 0.3 is 0 Å². The van der Waals surface area contributed by atoms with Crippen molar-refractivity contribution < 1.29 is 0 Å². The predicted octanol–water partition coefficient (Wildman–Crippen LogP) is 3.18. The smallest absolute Gasteiger partial charge is 0.110 e. The van der Waals surface area contributed by atoms with Crippen LogP contribution in [0.5, 0.6) is 0 Å². The number of pyridine rings is 1. The molecule has 2 aromatic heterocycles. The third kappa shape index (κ3) is 2.18. The van der Waals surface area contributed by atoms with Crippen LogP contribution in [0.2, 0.25) is 0 Å². The lowest BCUT2D eigenvalue weighted by atomic mass is 10.2. The van der Waals surface area contributed by atoms with E-state index in [9.17, 15) is 0 Å². The van der Waals surface area contributed by atoms with E-state index in [0.717, 1.165) is 23.5 Å². The maximum absolute atomic E-state index is 4.54. The standard InChI is InChI=1S/C14H17N3S/c1-9-8-18-14(16-9)10(2)17-12-6-5-11-4-3-7-15-13(11)12/h3-4,7-8,10,12,17H,5-6H2,1-2H3. The third-order valence-electron chi connectivity index (χ3n) is 3.42. The maximum Gasteiger partial charge on any atom is 0.110 e. The number of nitrogens with zero attached hydrogens (tertiary/aromatic N) is 2. The monoisotopic (exact) mass is 259 g/mol. The normalized spacial score (nSPS) is 19.8. The number of fused-ring (bicyclic) bond motifs is 1. The lowest BCUT2D eigenvalue weighted by molar-refractivity contribution is 0.457.